The van der Waals surface area contributed by atoms with Gasteiger partial charge in [0.05, 0.1) is 25.4 Å². The summed E-state index contributed by atoms with van der Waals surface area (Å²) in [5, 5.41) is 23.2. The highest BCUT2D eigenvalue weighted by molar-refractivity contribution is 5.76. The molecule has 366 valence electrons. The van der Waals surface area contributed by atoms with E-state index in [1.165, 1.54) is 186 Å². The average Bonchev–Trinajstić information content (AvgIpc) is 3.27. The molecule has 0 fully saturated rings. The molecule has 0 saturated carbocycles. The number of hydrogen-bond donors (Lipinski definition) is 3. The zero-order chi connectivity index (χ0) is 45.1. The quantitative estimate of drug-likeness (QED) is 0.0321. The van der Waals surface area contributed by atoms with Gasteiger partial charge in [-0.1, -0.05) is 250 Å². The van der Waals surface area contributed by atoms with E-state index in [9.17, 15) is 19.8 Å². The van der Waals surface area contributed by atoms with E-state index < -0.39 is 12.1 Å². The molecule has 0 saturated heterocycles. The van der Waals surface area contributed by atoms with E-state index in [1.54, 1.807) is 0 Å². The highest BCUT2D eigenvalue weighted by atomic mass is 16.5. The minimum Gasteiger partial charge on any atom is -0.466 e. The lowest BCUT2D eigenvalue weighted by Crippen LogP contribution is -2.45. The van der Waals surface area contributed by atoms with E-state index in [2.05, 4.69) is 43.5 Å². The van der Waals surface area contributed by atoms with Crippen LogP contribution >= 0.6 is 0 Å². The molecule has 0 radical (unpaired) electrons. The second-order valence-corrected chi connectivity index (χ2v) is 18.9. The Hall–Kier alpha value is -1.66. The first kappa shape index (κ1) is 60.3. The van der Waals surface area contributed by atoms with Crippen molar-refractivity contribution in [1.82, 2.24) is 5.32 Å². The minimum atomic E-state index is -0.677. The molecule has 1 amide bonds. The molecule has 6 nitrogen and oxygen atoms in total. The van der Waals surface area contributed by atoms with Crippen molar-refractivity contribution in [3.63, 3.8) is 0 Å². The normalized spacial score (nSPS) is 12.8. The van der Waals surface area contributed by atoms with Gasteiger partial charge in [-0.2, -0.15) is 0 Å². The zero-order valence-corrected chi connectivity index (χ0v) is 41.6. The number of esters is 1. The van der Waals surface area contributed by atoms with Gasteiger partial charge in [0.2, 0.25) is 5.91 Å². The number of allylic oxidation sites excluding steroid dienone is 4. The summed E-state index contributed by atoms with van der Waals surface area (Å²) in [4.78, 5) is 24.5. The molecule has 0 rings (SSSR count). The van der Waals surface area contributed by atoms with Crippen molar-refractivity contribution < 1.29 is 24.5 Å². The number of nitrogens with one attached hydrogen (secondary N) is 1. The zero-order valence-electron chi connectivity index (χ0n) is 41.6. The fourth-order valence-electron chi connectivity index (χ4n) is 8.51. The Morgan fingerprint density at radius 2 is 0.790 bits per heavy atom. The predicted octanol–water partition coefficient (Wildman–Crippen LogP) is 16.7. The van der Waals surface area contributed by atoms with Gasteiger partial charge >= 0.3 is 5.97 Å². The van der Waals surface area contributed by atoms with Crippen LogP contribution < -0.4 is 5.32 Å². The lowest BCUT2D eigenvalue weighted by molar-refractivity contribution is -0.143. The molecule has 0 aliphatic rings. The van der Waals surface area contributed by atoms with Crippen LogP contribution in [0.1, 0.15) is 296 Å². The van der Waals surface area contributed by atoms with Gasteiger partial charge in [0.15, 0.2) is 0 Å². The molecule has 6 heteroatoms. The third kappa shape index (κ3) is 47.8. The van der Waals surface area contributed by atoms with Crippen LogP contribution in [-0.2, 0) is 14.3 Å². The molecule has 0 aliphatic heterocycles. The number of unbranched alkanes of at least 4 members (excludes halogenated alkanes) is 37. The standard InChI is InChI=1S/C56H107NO5/c1-3-5-7-9-11-13-15-17-18-19-22-26-30-34-38-42-46-50-56(61)62-51-47-43-39-35-31-27-23-20-21-25-29-33-37-41-45-49-55(60)57-53(52-58)54(59)48-44-40-36-32-28-24-16-14-12-10-8-6-4-2/h20,23,27,31,53-54,58-59H,3-19,21-22,24-26,28-30,32-52H2,1-2H3,(H,57,60)/b23-20-,31-27-. The average molecular weight is 874 g/mol. The second kappa shape index (κ2) is 52.0. The van der Waals surface area contributed by atoms with Crippen molar-refractivity contribution in [2.75, 3.05) is 13.2 Å². The Morgan fingerprint density at radius 1 is 0.452 bits per heavy atom. The first-order valence-corrected chi connectivity index (χ1v) is 27.6. The monoisotopic (exact) mass is 874 g/mol. The Kier molecular flexibility index (Phi) is 50.6. The molecule has 2 atom stereocenters. The van der Waals surface area contributed by atoms with Gasteiger partial charge in [0.25, 0.3) is 0 Å². The first-order chi connectivity index (χ1) is 30.5. The van der Waals surface area contributed by atoms with Crippen molar-refractivity contribution in [1.29, 1.82) is 0 Å². The lowest BCUT2D eigenvalue weighted by atomic mass is 10.0. The fourth-order valence-corrected chi connectivity index (χ4v) is 8.51. The van der Waals surface area contributed by atoms with Crippen LogP contribution in [0.4, 0.5) is 0 Å². The molecule has 2 unspecified atom stereocenters. The van der Waals surface area contributed by atoms with Crippen LogP contribution in [0.5, 0.6) is 0 Å². The molecule has 0 aromatic heterocycles. The molecular formula is C56H107NO5. The van der Waals surface area contributed by atoms with E-state index in [1.807, 2.05) is 0 Å². The summed E-state index contributed by atoms with van der Waals surface area (Å²) in [5.74, 6) is -0.0748. The van der Waals surface area contributed by atoms with Crippen LogP contribution in [0.3, 0.4) is 0 Å². The minimum absolute atomic E-state index is 0.0177. The number of rotatable bonds is 51. The topological polar surface area (TPSA) is 95.9 Å². The third-order valence-electron chi connectivity index (χ3n) is 12.8. The summed E-state index contributed by atoms with van der Waals surface area (Å²) in [6.07, 6.45) is 61.6. The molecule has 0 spiro atoms. The molecule has 0 bridgehead atoms. The summed E-state index contributed by atoms with van der Waals surface area (Å²) in [7, 11) is 0. The maximum atomic E-state index is 12.4. The maximum absolute atomic E-state index is 12.4. The summed E-state index contributed by atoms with van der Waals surface area (Å²) in [5.41, 5.74) is 0. The second-order valence-electron chi connectivity index (χ2n) is 18.9. The number of aliphatic hydroxyl groups is 2. The van der Waals surface area contributed by atoms with Crippen LogP contribution in [0.2, 0.25) is 0 Å². The first-order valence-electron chi connectivity index (χ1n) is 27.6. The van der Waals surface area contributed by atoms with E-state index >= 15 is 0 Å². The lowest BCUT2D eigenvalue weighted by Gasteiger charge is -2.22. The Bertz CT molecular complexity index is 966. The van der Waals surface area contributed by atoms with E-state index in [4.69, 9.17) is 4.74 Å². The largest absolute Gasteiger partial charge is 0.466 e. The summed E-state index contributed by atoms with van der Waals surface area (Å²) >= 11 is 0. The van der Waals surface area contributed by atoms with Crippen LogP contribution in [-0.4, -0.2) is 47.4 Å². The number of hydrogen-bond acceptors (Lipinski definition) is 5. The van der Waals surface area contributed by atoms with Gasteiger partial charge in [0, 0.05) is 12.8 Å². The molecule has 0 aromatic carbocycles. The number of ether oxygens (including phenoxy) is 1. The van der Waals surface area contributed by atoms with Gasteiger partial charge in [-0.3, -0.25) is 9.59 Å². The summed E-state index contributed by atoms with van der Waals surface area (Å²) in [6, 6.07) is -0.557. The summed E-state index contributed by atoms with van der Waals surface area (Å²) in [6.45, 7) is 4.90. The van der Waals surface area contributed by atoms with Crippen molar-refractivity contribution in [2.24, 2.45) is 0 Å². The van der Waals surface area contributed by atoms with Gasteiger partial charge < -0.3 is 20.3 Å². The number of carbonyl (C=O) groups is 2. The Morgan fingerprint density at radius 3 is 1.19 bits per heavy atom. The highest BCUT2D eigenvalue weighted by Gasteiger charge is 2.20. The van der Waals surface area contributed by atoms with Crippen LogP contribution in [0.25, 0.3) is 0 Å². The molecule has 0 aliphatic carbocycles. The Balaban J connectivity index is 3.49. The van der Waals surface area contributed by atoms with E-state index in [0.717, 1.165) is 77.0 Å². The Labute approximate surface area is 386 Å². The van der Waals surface area contributed by atoms with Crippen LogP contribution in [0, 0.1) is 0 Å². The number of carbonyl (C=O) groups excluding carboxylic acids is 2. The van der Waals surface area contributed by atoms with Crippen LogP contribution in [0.15, 0.2) is 24.3 Å². The van der Waals surface area contributed by atoms with Crippen molar-refractivity contribution in [2.45, 2.75) is 309 Å². The molecule has 0 heterocycles. The van der Waals surface area contributed by atoms with Crippen molar-refractivity contribution in [3.8, 4) is 0 Å². The molecule has 3 N–H and O–H groups in total. The smallest absolute Gasteiger partial charge is 0.305 e. The molecular weight excluding hydrogens is 767 g/mol. The number of amides is 1. The molecule has 0 aromatic rings. The van der Waals surface area contributed by atoms with Gasteiger partial charge in [-0.15, -0.1) is 0 Å². The van der Waals surface area contributed by atoms with E-state index in [0.29, 0.717) is 25.9 Å². The maximum Gasteiger partial charge on any atom is 0.305 e. The van der Waals surface area contributed by atoms with Gasteiger partial charge in [0.1, 0.15) is 0 Å². The SMILES string of the molecule is CCCCCCCCCCCCCCCCCCCC(=O)OCCCCC/C=C\C=C/CCCCCCCCC(=O)NC(CO)C(O)CCCCCCCCCCCCCCC. The highest BCUT2D eigenvalue weighted by Crippen LogP contribution is 2.17. The summed E-state index contributed by atoms with van der Waals surface area (Å²) < 4.78 is 5.46. The van der Waals surface area contributed by atoms with E-state index in [-0.39, 0.29) is 18.5 Å². The number of aliphatic hydroxyl groups excluding tert-OH is 2. The fraction of sp³-hybridized carbons (Fsp3) is 0.893. The van der Waals surface area contributed by atoms with Crippen molar-refractivity contribution >= 4 is 11.9 Å². The van der Waals surface area contributed by atoms with Gasteiger partial charge in [-0.25, -0.2) is 0 Å². The van der Waals surface area contributed by atoms with Gasteiger partial charge in [-0.05, 0) is 57.8 Å². The predicted molar refractivity (Wildman–Crippen MR) is 269 cm³/mol. The third-order valence-corrected chi connectivity index (χ3v) is 12.8. The molecule has 62 heavy (non-hydrogen) atoms. The van der Waals surface area contributed by atoms with Crippen molar-refractivity contribution in [3.05, 3.63) is 24.3 Å².